The number of nitrogens with one attached hydrogen (secondary N) is 1. The predicted molar refractivity (Wildman–Crippen MR) is 78.0 cm³/mol. The van der Waals surface area contributed by atoms with E-state index in [2.05, 4.69) is 26.3 Å². The minimum absolute atomic E-state index is 0.158. The maximum atomic E-state index is 13.6. The first-order valence-corrected chi connectivity index (χ1v) is 7.06. The third-order valence-electron chi connectivity index (χ3n) is 2.89. The van der Waals surface area contributed by atoms with Gasteiger partial charge in [0.1, 0.15) is 5.82 Å². The Morgan fingerprint density at radius 2 is 2.30 bits per heavy atom. The number of nitrogens with zero attached hydrogens (tertiary/aromatic N) is 2. The van der Waals surface area contributed by atoms with E-state index in [1.54, 1.807) is 24.0 Å². The van der Waals surface area contributed by atoms with Crippen molar-refractivity contribution in [3.63, 3.8) is 0 Å². The minimum atomic E-state index is -0.224. The predicted octanol–water partition coefficient (Wildman–Crippen LogP) is 2.68. The number of halogens is 2. The van der Waals surface area contributed by atoms with Crippen molar-refractivity contribution < 1.29 is 9.18 Å². The van der Waals surface area contributed by atoms with E-state index in [-0.39, 0.29) is 11.7 Å². The molecule has 0 saturated carbocycles. The fourth-order valence-corrected chi connectivity index (χ4v) is 2.18. The van der Waals surface area contributed by atoms with E-state index in [0.29, 0.717) is 30.5 Å². The van der Waals surface area contributed by atoms with Gasteiger partial charge in [0.25, 0.3) is 5.91 Å². The van der Waals surface area contributed by atoms with Gasteiger partial charge in [-0.15, -0.1) is 0 Å². The summed E-state index contributed by atoms with van der Waals surface area (Å²) < 4.78 is 15.9. The number of hydrogen-bond donors (Lipinski definition) is 1. The van der Waals surface area contributed by atoms with E-state index in [1.165, 1.54) is 12.3 Å². The Hall–Kier alpha value is -1.69. The summed E-state index contributed by atoms with van der Waals surface area (Å²) in [5, 5.41) is 6.72. The summed E-state index contributed by atoms with van der Waals surface area (Å²) >= 11 is 3.22. The molecule has 0 aliphatic rings. The van der Waals surface area contributed by atoms with Crippen LogP contribution in [0.15, 0.2) is 35.1 Å². The van der Waals surface area contributed by atoms with Crippen LogP contribution in [0.3, 0.4) is 0 Å². The molecule has 1 N–H and O–H groups in total. The van der Waals surface area contributed by atoms with Gasteiger partial charge in [-0.2, -0.15) is 5.10 Å². The first-order chi connectivity index (χ1) is 9.56. The Morgan fingerprint density at radius 1 is 1.50 bits per heavy atom. The molecule has 1 aromatic heterocycles. The smallest absolute Gasteiger partial charge is 0.254 e. The average molecular weight is 340 g/mol. The van der Waals surface area contributed by atoms with Crippen LogP contribution in [0.25, 0.3) is 0 Å². The molecule has 0 spiro atoms. The van der Waals surface area contributed by atoms with Gasteiger partial charge in [-0.05, 0) is 30.5 Å². The van der Waals surface area contributed by atoms with Crippen LogP contribution in [0.1, 0.15) is 22.3 Å². The number of hydrogen-bond acceptors (Lipinski definition) is 2. The maximum absolute atomic E-state index is 13.6. The summed E-state index contributed by atoms with van der Waals surface area (Å²) in [7, 11) is 1.76. The summed E-state index contributed by atoms with van der Waals surface area (Å²) in [6.45, 7) is 0.503. The molecule has 0 fully saturated rings. The SMILES string of the molecule is Cn1cc(C(=O)NCCCc2ccc(Br)cc2F)cn1. The largest absolute Gasteiger partial charge is 0.352 e. The van der Waals surface area contributed by atoms with Crippen LogP contribution in [-0.2, 0) is 13.5 Å². The normalized spacial score (nSPS) is 10.6. The van der Waals surface area contributed by atoms with Gasteiger partial charge >= 0.3 is 0 Å². The first kappa shape index (κ1) is 14.7. The molecule has 0 unspecified atom stereocenters. The lowest BCUT2D eigenvalue weighted by atomic mass is 10.1. The quantitative estimate of drug-likeness (QED) is 0.851. The highest BCUT2D eigenvalue weighted by Crippen LogP contribution is 2.16. The lowest BCUT2D eigenvalue weighted by Crippen LogP contribution is -2.24. The van der Waals surface area contributed by atoms with Crippen molar-refractivity contribution in [3.8, 4) is 0 Å². The molecule has 2 rings (SSSR count). The number of aryl methyl sites for hydroxylation is 2. The van der Waals surface area contributed by atoms with Crippen LogP contribution in [0, 0.1) is 5.82 Å². The standard InChI is InChI=1S/C14H15BrFN3O/c1-19-9-11(8-18-19)14(20)17-6-2-3-10-4-5-12(15)7-13(10)16/h4-5,7-9H,2-3,6H2,1H3,(H,17,20). The van der Waals surface area contributed by atoms with Crippen molar-refractivity contribution in [3.05, 3.63) is 52.0 Å². The monoisotopic (exact) mass is 339 g/mol. The Kier molecular flexibility index (Phi) is 4.89. The number of benzene rings is 1. The molecule has 0 bridgehead atoms. The number of aromatic nitrogens is 2. The summed E-state index contributed by atoms with van der Waals surface area (Å²) in [4.78, 5) is 11.7. The topological polar surface area (TPSA) is 46.9 Å². The van der Waals surface area contributed by atoms with Gasteiger partial charge in [0.05, 0.1) is 11.8 Å². The number of carbonyl (C=O) groups is 1. The fourth-order valence-electron chi connectivity index (χ4n) is 1.85. The maximum Gasteiger partial charge on any atom is 0.254 e. The van der Waals surface area contributed by atoms with Crippen LogP contribution >= 0.6 is 15.9 Å². The van der Waals surface area contributed by atoms with E-state index >= 15 is 0 Å². The molecule has 0 atom stereocenters. The van der Waals surface area contributed by atoms with Gasteiger partial charge in [-0.3, -0.25) is 9.48 Å². The number of rotatable bonds is 5. The molecule has 6 heteroatoms. The number of carbonyl (C=O) groups excluding carboxylic acids is 1. The first-order valence-electron chi connectivity index (χ1n) is 6.27. The molecule has 0 radical (unpaired) electrons. The minimum Gasteiger partial charge on any atom is -0.352 e. The summed E-state index contributed by atoms with van der Waals surface area (Å²) in [5.74, 6) is -0.382. The molecule has 106 valence electrons. The van der Waals surface area contributed by atoms with Crippen molar-refractivity contribution in [2.24, 2.45) is 7.05 Å². The Balaban J connectivity index is 1.77. The molecule has 0 aliphatic heterocycles. The molecule has 20 heavy (non-hydrogen) atoms. The molecule has 4 nitrogen and oxygen atoms in total. The number of amides is 1. The Morgan fingerprint density at radius 3 is 2.95 bits per heavy atom. The van der Waals surface area contributed by atoms with Crippen LogP contribution < -0.4 is 5.32 Å². The second kappa shape index (κ2) is 6.65. The molecule has 2 aromatic rings. The second-order valence-electron chi connectivity index (χ2n) is 4.50. The van der Waals surface area contributed by atoms with Gasteiger partial charge in [0, 0.05) is 24.3 Å². The second-order valence-corrected chi connectivity index (χ2v) is 5.41. The molecular weight excluding hydrogens is 325 g/mol. The van der Waals surface area contributed by atoms with Crippen LogP contribution in [0.5, 0.6) is 0 Å². The van der Waals surface area contributed by atoms with Crippen LogP contribution in [-0.4, -0.2) is 22.2 Å². The van der Waals surface area contributed by atoms with E-state index in [4.69, 9.17) is 0 Å². The zero-order chi connectivity index (χ0) is 14.5. The Labute approximate surface area is 125 Å². The van der Waals surface area contributed by atoms with Gasteiger partial charge in [-0.1, -0.05) is 22.0 Å². The van der Waals surface area contributed by atoms with E-state index in [1.807, 2.05) is 6.07 Å². The summed E-state index contributed by atoms with van der Waals surface area (Å²) in [5.41, 5.74) is 1.19. The highest BCUT2D eigenvalue weighted by atomic mass is 79.9. The van der Waals surface area contributed by atoms with Crippen molar-refractivity contribution in [1.82, 2.24) is 15.1 Å². The summed E-state index contributed by atoms with van der Waals surface area (Å²) in [6.07, 6.45) is 4.45. The third-order valence-corrected chi connectivity index (χ3v) is 3.38. The lowest BCUT2D eigenvalue weighted by molar-refractivity contribution is 0.0953. The van der Waals surface area contributed by atoms with Gasteiger partial charge < -0.3 is 5.32 Å². The van der Waals surface area contributed by atoms with Crippen molar-refractivity contribution in [2.75, 3.05) is 6.54 Å². The molecule has 1 heterocycles. The van der Waals surface area contributed by atoms with Gasteiger partial charge in [-0.25, -0.2) is 4.39 Å². The molecule has 0 aliphatic carbocycles. The third kappa shape index (κ3) is 3.90. The molecule has 1 aromatic carbocycles. The molecule has 1 amide bonds. The molecule has 0 saturated heterocycles. The van der Waals surface area contributed by atoms with Crippen molar-refractivity contribution >= 4 is 21.8 Å². The fraction of sp³-hybridized carbons (Fsp3) is 0.286. The zero-order valence-corrected chi connectivity index (χ0v) is 12.7. The highest BCUT2D eigenvalue weighted by Gasteiger charge is 2.07. The summed E-state index contributed by atoms with van der Waals surface area (Å²) in [6, 6.07) is 5.01. The Bertz CT molecular complexity index is 612. The van der Waals surface area contributed by atoms with Gasteiger partial charge in [0.15, 0.2) is 0 Å². The van der Waals surface area contributed by atoms with Crippen molar-refractivity contribution in [1.29, 1.82) is 0 Å². The van der Waals surface area contributed by atoms with E-state index < -0.39 is 0 Å². The van der Waals surface area contributed by atoms with Crippen molar-refractivity contribution in [2.45, 2.75) is 12.8 Å². The van der Waals surface area contributed by atoms with Crippen LogP contribution in [0.4, 0.5) is 4.39 Å². The van der Waals surface area contributed by atoms with E-state index in [9.17, 15) is 9.18 Å². The molecular formula is C14H15BrFN3O. The lowest BCUT2D eigenvalue weighted by Gasteiger charge is -2.05. The average Bonchev–Trinajstić information content (AvgIpc) is 2.83. The van der Waals surface area contributed by atoms with Gasteiger partial charge in [0.2, 0.25) is 0 Å². The highest BCUT2D eigenvalue weighted by molar-refractivity contribution is 9.10. The van der Waals surface area contributed by atoms with Crippen LogP contribution in [0.2, 0.25) is 0 Å². The van der Waals surface area contributed by atoms with E-state index in [0.717, 1.165) is 4.47 Å². The zero-order valence-electron chi connectivity index (χ0n) is 11.1.